The van der Waals surface area contributed by atoms with E-state index < -0.39 is 36.2 Å². The molecule has 0 aromatic carbocycles. The molecule has 0 unspecified atom stereocenters. The lowest BCUT2D eigenvalue weighted by atomic mass is 9.83. The molecular weight excluding hydrogens is 429 g/mol. The molecule has 1 N–H and O–H groups in total. The highest BCUT2D eigenvalue weighted by atomic mass is 19.3. The molecule has 1 atom stereocenters. The third-order valence-electron chi connectivity index (χ3n) is 5.92. The van der Waals surface area contributed by atoms with Gasteiger partial charge in [0, 0.05) is 5.56 Å². The molecule has 1 saturated carbocycles. The number of pyridine rings is 1. The van der Waals surface area contributed by atoms with Crippen LogP contribution < -0.4 is 19.7 Å². The summed E-state index contributed by atoms with van der Waals surface area (Å²) in [6.45, 7) is 2.39. The molecule has 3 aromatic heterocycles. The van der Waals surface area contributed by atoms with Gasteiger partial charge in [-0.25, -0.2) is 27.7 Å². The van der Waals surface area contributed by atoms with Crippen LogP contribution in [0.5, 0.6) is 11.6 Å². The van der Waals surface area contributed by atoms with Gasteiger partial charge in [-0.3, -0.25) is 4.79 Å². The Morgan fingerprint density at radius 2 is 2.09 bits per heavy atom. The summed E-state index contributed by atoms with van der Waals surface area (Å²) in [6.07, 6.45) is 2.40. The highest BCUT2D eigenvalue weighted by Crippen LogP contribution is 2.47. The SMILES string of the molecule is C[C@@H]1COc2cn3ncc4c3nc2N1Cc1cc(F)cnc1OC1(CC(F)(F)C1)NC4=O. The molecule has 1 fully saturated rings. The number of hydrogen-bond acceptors (Lipinski definition) is 7. The van der Waals surface area contributed by atoms with Crippen LogP contribution in [0.1, 0.15) is 35.7 Å². The predicted octanol–water partition coefficient (Wildman–Crippen LogP) is 2.30. The third kappa shape index (κ3) is 2.85. The second-order valence-electron chi connectivity index (χ2n) is 8.42. The van der Waals surface area contributed by atoms with Crippen molar-refractivity contribution in [1.29, 1.82) is 0 Å². The van der Waals surface area contributed by atoms with Crippen molar-refractivity contribution in [3.63, 3.8) is 0 Å². The van der Waals surface area contributed by atoms with E-state index in [1.807, 2.05) is 11.8 Å². The Morgan fingerprint density at radius 1 is 1.28 bits per heavy atom. The summed E-state index contributed by atoms with van der Waals surface area (Å²) in [5.74, 6) is -3.40. The number of amides is 1. The number of hydrogen-bond donors (Lipinski definition) is 1. The number of nitrogens with zero attached hydrogens (tertiary/aromatic N) is 5. The molecule has 5 heterocycles. The van der Waals surface area contributed by atoms with E-state index in [2.05, 4.69) is 20.4 Å². The number of fused-ring (bicyclic) bond motifs is 1. The topological polar surface area (TPSA) is 93.9 Å². The summed E-state index contributed by atoms with van der Waals surface area (Å²) in [7, 11) is 0. The van der Waals surface area contributed by atoms with Gasteiger partial charge in [0.2, 0.25) is 5.88 Å². The maximum absolute atomic E-state index is 14.1. The van der Waals surface area contributed by atoms with E-state index in [0.717, 1.165) is 6.20 Å². The van der Waals surface area contributed by atoms with E-state index in [0.29, 0.717) is 23.7 Å². The molecule has 0 saturated heterocycles. The smallest absolute Gasteiger partial charge is 0.259 e. The van der Waals surface area contributed by atoms with Crippen molar-refractivity contribution in [3.8, 4) is 11.6 Å². The lowest BCUT2D eigenvalue weighted by molar-refractivity contribution is -0.201. The lowest BCUT2D eigenvalue weighted by Gasteiger charge is -2.47. The van der Waals surface area contributed by atoms with Gasteiger partial charge < -0.3 is 19.7 Å². The van der Waals surface area contributed by atoms with Crippen molar-refractivity contribution in [2.24, 2.45) is 0 Å². The zero-order chi connectivity index (χ0) is 22.3. The molecule has 6 rings (SSSR count). The number of rotatable bonds is 0. The molecule has 1 aliphatic carbocycles. The Labute approximate surface area is 179 Å². The van der Waals surface area contributed by atoms with Crippen molar-refractivity contribution >= 4 is 17.4 Å². The van der Waals surface area contributed by atoms with Gasteiger partial charge in [0.05, 0.1) is 44.0 Å². The maximum atomic E-state index is 14.1. The fourth-order valence-electron chi connectivity index (χ4n) is 4.38. The first-order chi connectivity index (χ1) is 15.2. The third-order valence-corrected chi connectivity index (χ3v) is 5.92. The van der Waals surface area contributed by atoms with Gasteiger partial charge in [-0.1, -0.05) is 0 Å². The van der Waals surface area contributed by atoms with Gasteiger partial charge in [0.25, 0.3) is 11.8 Å². The zero-order valence-corrected chi connectivity index (χ0v) is 16.8. The van der Waals surface area contributed by atoms with Gasteiger partial charge in [0.15, 0.2) is 22.9 Å². The minimum Gasteiger partial charge on any atom is -0.486 e. The molecule has 1 amide bonds. The van der Waals surface area contributed by atoms with E-state index in [4.69, 9.17) is 9.47 Å². The number of carbonyl (C=O) groups is 1. The van der Waals surface area contributed by atoms with Crippen LogP contribution in [-0.4, -0.2) is 49.8 Å². The Morgan fingerprint density at radius 3 is 2.88 bits per heavy atom. The van der Waals surface area contributed by atoms with Gasteiger partial charge >= 0.3 is 0 Å². The summed E-state index contributed by atoms with van der Waals surface area (Å²) < 4.78 is 54.9. The van der Waals surface area contributed by atoms with E-state index >= 15 is 0 Å². The van der Waals surface area contributed by atoms with E-state index in [1.165, 1.54) is 16.8 Å². The minimum atomic E-state index is -3.01. The fourth-order valence-corrected chi connectivity index (χ4v) is 4.38. The van der Waals surface area contributed by atoms with Crippen LogP contribution in [0.2, 0.25) is 0 Å². The Balaban J connectivity index is 1.56. The first kappa shape index (κ1) is 19.1. The molecule has 12 heteroatoms. The first-order valence-corrected chi connectivity index (χ1v) is 10.0. The molecule has 0 radical (unpaired) electrons. The van der Waals surface area contributed by atoms with Gasteiger partial charge in [-0.15, -0.1) is 0 Å². The van der Waals surface area contributed by atoms with E-state index in [1.54, 1.807) is 6.20 Å². The zero-order valence-electron chi connectivity index (χ0n) is 16.8. The summed E-state index contributed by atoms with van der Waals surface area (Å²) in [4.78, 5) is 23.5. The van der Waals surface area contributed by atoms with Gasteiger partial charge in [-0.2, -0.15) is 5.10 Å². The lowest BCUT2D eigenvalue weighted by Crippen LogP contribution is -2.66. The maximum Gasteiger partial charge on any atom is 0.259 e. The molecule has 32 heavy (non-hydrogen) atoms. The number of anilines is 1. The summed E-state index contributed by atoms with van der Waals surface area (Å²) in [5, 5.41) is 6.72. The summed E-state index contributed by atoms with van der Waals surface area (Å²) >= 11 is 0. The van der Waals surface area contributed by atoms with Crippen LogP contribution in [0.25, 0.3) is 5.65 Å². The fraction of sp³-hybridized carbons (Fsp3) is 0.400. The minimum absolute atomic E-state index is 0.0284. The molecule has 3 aromatic rings. The van der Waals surface area contributed by atoms with Crippen LogP contribution in [0, 0.1) is 5.82 Å². The molecular formula is C20H17F3N6O3. The number of alkyl halides is 2. The number of ether oxygens (including phenoxy) is 2. The number of halogens is 3. The molecule has 166 valence electrons. The van der Waals surface area contributed by atoms with Crippen molar-refractivity contribution in [3.05, 3.63) is 41.6 Å². The van der Waals surface area contributed by atoms with E-state index in [9.17, 15) is 18.0 Å². The van der Waals surface area contributed by atoms with Gasteiger partial charge in [-0.05, 0) is 13.0 Å². The number of carbonyl (C=O) groups excluding carboxylic acids is 1. The Kier molecular flexibility index (Phi) is 3.73. The molecule has 9 nitrogen and oxygen atoms in total. The average Bonchev–Trinajstić information content (AvgIpc) is 3.11. The van der Waals surface area contributed by atoms with Crippen LogP contribution >= 0.6 is 0 Å². The molecule has 2 aliphatic heterocycles. The highest BCUT2D eigenvalue weighted by molar-refractivity contribution is 6.00. The Bertz CT molecular complexity index is 1270. The van der Waals surface area contributed by atoms with E-state index in [-0.39, 0.29) is 29.7 Å². The highest BCUT2D eigenvalue weighted by Gasteiger charge is 2.60. The van der Waals surface area contributed by atoms with Crippen molar-refractivity contribution in [2.45, 2.75) is 44.0 Å². The molecule has 1 spiro atoms. The quantitative estimate of drug-likeness (QED) is 0.566. The normalized spacial score (nSPS) is 22.8. The number of aromatic nitrogens is 4. The van der Waals surface area contributed by atoms with Crippen LogP contribution in [-0.2, 0) is 6.54 Å². The molecule has 2 bridgehead atoms. The number of nitrogens with one attached hydrogen (secondary N) is 1. The second-order valence-corrected chi connectivity index (χ2v) is 8.42. The summed E-state index contributed by atoms with van der Waals surface area (Å²) in [6, 6.07) is 1.09. The van der Waals surface area contributed by atoms with Crippen molar-refractivity contribution in [2.75, 3.05) is 11.5 Å². The van der Waals surface area contributed by atoms with Crippen molar-refractivity contribution in [1.82, 2.24) is 24.9 Å². The summed E-state index contributed by atoms with van der Waals surface area (Å²) in [5.41, 5.74) is -1.00. The second kappa shape index (κ2) is 6.24. The van der Waals surface area contributed by atoms with Gasteiger partial charge in [0.1, 0.15) is 18.0 Å². The largest absolute Gasteiger partial charge is 0.486 e. The average molecular weight is 446 g/mol. The standard InChI is InChI=1S/C20H17F3N6O3/c1-10-7-31-14-6-29-15-13(4-25-29)17(30)27-20(8-19(22,23)9-20)32-18-11(2-12(21)3-24-18)5-28(10)16(14)26-15/h2-4,6,10H,5,7-9H2,1H3,(H,27,30)/t10-/m1/s1. The first-order valence-electron chi connectivity index (χ1n) is 10.0. The van der Waals surface area contributed by atoms with Crippen LogP contribution in [0.4, 0.5) is 19.0 Å². The molecule has 3 aliphatic rings. The van der Waals surface area contributed by atoms with Crippen molar-refractivity contribution < 1.29 is 27.4 Å². The monoisotopic (exact) mass is 446 g/mol. The predicted molar refractivity (Wildman–Crippen MR) is 103 cm³/mol. The Hall–Kier alpha value is -3.57. The van der Waals surface area contributed by atoms with Crippen LogP contribution in [0.15, 0.2) is 24.7 Å². The van der Waals surface area contributed by atoms with Crippen LogP contribution in [0.3, 0.4) is 0 Å².